The van der Waals surface area contributed by atoms with Gasteiger partial charge < -0.3 is 15.4 Å². The zero-order valence-corrected chi connectivity index (χ0v) is 12.6. The summed E-state index contributed by atoms with van der Waals surface area (Å²) in [5.41, 5.74) is 1.89. The highest BCUT2D eigenvalue weighted by molar-refractivity contribution is 5.56. The summed E-state index contributed by atoms with van der Waals surface area (Å²) in [6.07, 6.45) is 5.12. The maximum absolute atomic E-state index is 5.19. The highest BCUT2D eigenvalue weighted by Crippen LogP contribution is 2.19. The number of nitrogens with zero attached hydrogens (tertiary/aromatic N) is 4. The number of nitrogens with one attached hydrogen (secondary N) is 2. The fourth-order valence-electron chi connectivity index (χ4n) is 1.97. The quantitative estimate of drug-likeness (QED) is 0.724. The summed E-state index contributed by atoms with van der Waals surface area (Å²) in [7, 11) is 1.63. The van der Waals surface area contributed by atoms with E-state index in [2.05, 4.69) is 30.8 Å². The van der Waals surface area contributed by atoms with Crippen LogP contribution in [0.3, 0.4) is 0 Å². The molecule has 0 amide bonds. The lowest BCUT2D eigenvalue weighted by molar-refractivity contribution is 0.415. The van der Waals surface area contributed by atoms with Crippen molar-refractivity contribution in [2.75, 3.05) is 17.7 Å². The molecule has 2 aromatic heterocycles. The van der Waals surface area contributed by atoms with Gasteiger partial charge in [-0.1, -0.05) is 12.1 Å². The van der Waals surface area contributed by atoms with Crippen molar-refractivity contribution in [3.8, 4) is 5.75 Å². The fraction of sp³-hybridized carbons (Fsp3) is 0.125. The van der Waals surface area contributed by atoms with Gasteiger partial charge in [0.2, 0.25) is 5.95 Å². The summed E-state index contributed by atoms with van der Waals surface area (Å²) in [6.45, 7) is 0.616. The number of rotatable bonds is 6. The largest absolute Gasteiger partial charge is 0.497 e. The minimum absolute atomic E-state index is 0.412. The van der Waals surface area contributed by atoms with Crippen LogP contribution in [-0.2, 0) is 6.54 Å². The Kier molecular flexibility index (Phi) is 4.58. The van der Waals surface area contributed by atoms with Crippen molar-refractivity contribution in [1.82, 2.24) is 20.2 Å². The van der Waals surface area contributed by atoms with Gasteiger partial charge in [-0.3, -0.25) is 4.98 Å². The first-order valence-electron chi connectivity index (χ1n) is 7.07. The van der Waals surface area contributed by atoms with Crippen LogP contribution in [0.5, 0.6) is 5.75 Å². The molecule has 0 saturated carbocycles. The Labute approximate surface area is 133 Å². The van der Waals surface area contributed by atoms with Crippen LogP contribution in [0.2, 0.25) is 0 Å². The molecule has 7 nitrogen and oxygen atoms in total. The van der Waals surface area contributed by atoms with Gasteiger partial charge in [0.05, 0.1) is 13.3 Å². The third-order valence-corrected chi connectivity index (χ3v) is 3.08. The van der Waals surface area contributed by atoms with Gasteiger partial charge in [0.15, 0.2) is 5.82 Å². The van der Waals surface area contributed by atoms with Gasteiger partial charge in [0.1, 0.15) is 5.75 Å². The first kappa shape index (κ1) is 14.7. The molecular formula is C16H16N6O. The van der Waals surface area contributed by atoms with Crippen LogP contribution in [0.1, 0.15) is 5.56 Å². The van der Waals surface area contributed by atoms with E-state index in [1.807, 2.05) is 36.4 Å². The number of hydrogen-bond acceptors (Lipinski definition) is 7. The van der Waals surface area contributed by atoms with Crippen LogP contribution in [0.4, 0.5) is 17.5 Å². The number of aromatic nitrogens is 4. The van der Waals surface area contributed by atoms with Gasteiger partial charge >= 0.3 is 0 Å². The molecule has 0 aliphatic carbocycles. The maximum atomic E-state index is 5.19. The van der Waals surface area contributed by atoms with Gasteiger partial charge in [-0.25, -0.2) is 0 Å². The number of ether oxygens (including phenoxy) is 1. The molecule has 0 spiro atoms. The molecule has 1 aromatic carbocycles. The Morgan fingerprint density at radius 2 is 2.09 bits per heavy atom. The third-order valence-electron chi connectivity index (χ3n) is 3.08. The minimum Gasteiger partial charge on any atom is -0.497 e. The van der Waals surface area contributed by atoms with Crippen molar-refractivity contribution in [2.45, 2.75) is 6.54 Å². The predicted molar refractivity (Wildman–Crippen MR) is 87.7 cm³/mol. The molecule has 0 aliphatic heterocycles. The van der Waals surface area contributed by atoms with E-state index in [4.69, 9.17) is 4.74 Å². The normalized spacial score (nSPS) is 10.1. The second kappa shape index (κ2) is 7.17. The molecule has 0 unspecified atom stereocenters. The van der Waals surface area contributed by atoms with E-state index in [0.29, 0.717) is 18.3 Å². The summed E-state index contributed by atoms with van der Waals surface area (Å²) < 4.78 is 5.19. The number of benzene rings is 1. The van der Waals surface area contributed by atoms with E-state index in [9.17, 15) is 0 Å². The van der Waals surface area contributed by atoms with Crippen LogP contribution in [-0.4, -0.2) is 27.3 Å². The van der Waals surface area contributed by atoms with Crippen molar-refractivity contribution in [3.63, 3.8) is 0 Å². The van der Waals surface area contributed by atoms with Gasteiger partial charge in [-0.2, -0.15) is 10.1 Å². The number of pyridine rings is 1. The molecule has 2 heterocycles. The molecule has 0 radical (unpaired) electrons. The second-order valence-electron chi connectivity index (χ2n) is 4.74. The molecular weight excluding hydrogens is 292 g/mol. The van der Waals surface area contributed by atoms with Crippen LogP contribution >= 0.6 is 0 Å². The van der Waals surface area contributed by atoms with Crippen molar-refractivity contribution in [1.29, 1.82) is 0 Å². The number of hydrogen-bond donors (Lipinski definition) is 2. The molecule has 116 valence electrons. The topological polar surface area (TPSA) is 84.9 Å². The van der Waals surface area contributed by atoms with Crippen LogP contribution in [0.25, 0.3) is 0 Å². The van der Waals surface area contributed by atoms with Gasteiger partial charge in [0.25, 0.3) is 0 Å². The summed E-state index contributed by atoms with van der Waals surface area (Å²) in [6, 6.07) is 11.4. The molecule has 0 atom stereocenters. The lowest BCUT2D eigenvalue weighted by Gasteiger charge is -2.08. The molecule has 0 fully saturated rings. The molecule has 0 saturated heterocycles. The molecule has 0 bridgehead atoms. The average molecular weight is 308 g/mol. The van der Waals surface area contributed by atoms with Crippen molar-refractivity contribution in [2.24, 2.45) is 0 Å². The summed E-state index contributed by atoms with van der Waals surface area (Å²) >= 11 is 0. The first-order chi connectivity index (χ1) is 11.3. The van der Waals surface area contributed by atoms with Gasteiger partial charge in [-0.15, -0.1) is 5.10 Å². The maximum Gasteiger partial charge on any atom is 0.249 e. The number of anilines is 3. The second-order valence-corrected chi connectivity index (χ2v) is 4.74. The molecule has 7 heteroatoms. The lowest BCUT2D eigenvalue weighted by atomic mass is 10.3. The lowest BCUT2D eigenvalue weighted by Crippen LogP contribution is -2.05. The summed E-state index contributed by atoms with van der Waals surface area (Å²) in [5.74, 6) is 1.80. The number of methoxy groups -OCH3 is 1. The Balaban J connectivity index is 1.67. The van der Waals surface area contributed by atoms with E-state index in [1.54, 1.807) is 25.7 Å². The standard InChI is InChI=1S/C16H16N6O/c1-23-14-6-2-5-13(8-14)20-16-21-15(11-19-22-16)18-10-12-4-3-7-17-9-12/h2-9,11H,10H2,1H3,(H2,18,20,21,22). The van der Waals surface area contributed by atoms with Crippen LogP contribution in [0.15, 0.2) is 55.0 Å². The molecule has 2 N–H and O–H groups in total. The smallest absolute Gasteiger partial charge is 0.249 e. The molecule has 3 aromatic rings. The van der Waals surface area contributed by atoms with E-state index in [1.165, 1.54) is 0 Å². The summed E-state index contributed by atoms with van der Waals surface area (Å²) in [4.78, 5) is 8.46. The van der Waals surface area contributed by atoms with Crippen molar-refractivity contribution >= 4 is 17.5 Å². The monoisotopic (exact) mass is 308 g/mol. The first-order valence-corrected chi connectivity index (χ1v) is 7.07. The molecule has 0 aliphatic rings. The van der Waals surface area contributed by atoms with E-state index in [-0.39, 0.29) is 0 Å². The average Bonchev–Trinajstić information content (AvgIpc) is 2.61. The highest BCUT2D eigenvalue weighted by Gasteiger charge is 2.02. The van der Waals surface area contributed by atoms with Crippen LogP contribution < -0.4 is 15.4 Å². The molecule has 3 rings (SSSR count). The Morgan fingerprint density at radius 3 is 2.91 bits per heavy atom. The van der Waals surface area contributed by atoms with Crippen molar-refractivity contribution < 1.29 is 4.74 Å². The zero-order chi connectivity index (χ0) is 15.9. The minimum atomic E-state index is 0.412. The Morgan fingerprint density at radius 1 is 1.13 bits per heavy atom. The van der Waals surface area contributed by atoms with E-state index >= 15 is 0 Å². The van der Waals surface area contributed by atoms with Gasteiger partial charge in [-0.05, 0) is 23.8 Å². The SMILES string of the molecule is COc1cccc(Nc2nncc(NCc3cccnc3)n2)c1. The van der Waals surface area contributed by atoms with Crippen molar-refractivity contribution in [3.05, 3.63) is 60.6 Å². The van der Waals surface area contributed by atoms with E-state index < -0.39 is 0 Å². The Bertz CT molecular complexity index is 765. The highest BCUT2D eigenvalue weighted by atomic mass is 16.5. The third kappa shape index (κ3) is 4.13. The predicted octanol–water partition coefficient (Wildman–Crippen LogP) is 2.63. The molecule has 23 heavy (non-hydrogen) atoms. The van der Waals surface area contributed by atoms with Gasteiger partial charge in [0, 0.05) is 30.7 Å². The van der Waals surface area contributed by atoms with E-state index in [0.717, 1.165) is 17.0 Å². The fourth-order valence-corrected chi connectivity index (χ4v) is 1.97. The zero-order valence-electron chi connectivity index (χ0n) is 12.6. The Hall–Kier alpha value is -3.22. The summed E-state index contributed by atoms with van der Waals surface area (Å²) in [5, 5.41) is 14.2. The van der Waals surface area contributed by atoms with Crippen LogP contribution in [0, 0.1) is 0 Å².